The lowest BCUT2D eigenvalue weighted by Crippen LogP contribution is -2.50. The summed E-state index contributed by atoms with van der Waals surface area (Å²) in [5.41, 5.74) is 0.690. The smallest absolute Gasteiger partial charge is 0.256 e. The highest BCUT2D eigenvalue weighted by molar-refractivity contribution is 7.99. The number of rotatable bonds is 6. The zero-order valence-corrected chi connectivity index (χ0v) is 19.2. The Morgan fingerprint density at radius 1 is 1.06 bits per heavy atom. The molecular weight excluding hydrogens is 477 g/mol. The third-order valence-electron chi connectivity index (χ3n) is 4.98. The minimum atomic E-state index is -3.63. The molecule has 0 unspecified atom stereocenters. The fourth-order valence-corrected chi connectivity index (χ4v) is 5.47. The van der Waals surface area contributed by atoms with Gasteiger partial charge in [0.2, 0.25) is 15.9 Å². The van der Waals surface area contributed by atoms with E-state index in [-0.39, 0.29) is 35.5 Å². The highest BCUT2D eigenvalue weighted by Gasteiger charge is 2.30. The molecule has 0 aliphatic carbocycles. The molecule has 32 heavy (non-hydrogen) atoms. The number of thioether (sulfide) groups is 1. The Balaban J connectivity index is 1.29. The minimum Gasteiger partial charge on any atom is -0.431 e. The molecule has 11 heteroatoms. The number of benzene rings is 2. The highest BCUT2D eigenvalue weighted by Crippen LogP contribution is 2.26. The molecule has 168 valence electrons. The van der Waals surface area contributed by atoms with Crippen LogP contribution in [0.15, 0.2) is 69.3 Å². The molecule has 0 saturated carbocycles. The van der Waals surface area contributed by atoms with Crippen LogP contribution in [0.2, 0.25) is 5.02 Å². The third-order valence-corrected chi connectivity index (χ3v) is 7.97. The lowest BCUT2D eigenvalue weighted by Gasteiger charge is -2.33. The van der Waals surface area contributed by atoms with E-state index in [2.05, 4.69) is 4.98 Å². The van der Waals surface area contributed by atoms with Crippen LogP contribution in [-0.4, -0.2) is 60.4 Å². The molecule has 2 heterocycles. The maximum atomic E-state index is 13.1. The van der Waals surface area contributed by atoms with Crippen LogP contribution in [0.3, 0.4) is 0 Å². The average Bonchev–Trinajstić information content (AvgIpc) is 3.27. The van der Waals surface area contributed by atoms with Crippen molar-refractivity contribution < 1.29 is 22.0 Å². The molecule has 1 aromatic heterocycles. The van der Waals surface area contributed by atoms with Crippen molar-refractivity contribution in [1.82, 2.24) is 14.2 Å². The largest absolute Gasteiger partial charge is 0.431 e. The van der Waals surface area contributed by atoms with Gasteiger partial charge in [0.15, 0.2) is 5.76 Å². The molecule has 2 aromatic carbocycles. The molecule has 1 amide bonds. The van der Waals surface area contributed by atoms with Gasteiger partial charge in [-0.2, -0.15) is 4.31 Å². The van der Waals surface area contributed by atoms with Gasteiger partial charge in [0.1, 0.15) is 5.82 Å². The Morgan fingerprint density at radius 3 is 2.38 bits per heavy atom. The molecule has 7 nitrogen and oxygen atoms in total. The predicted octanol–water partition coefficient (Wildman–Crippen LogP) is 3.76. The summed E-state index contributed by atoms with van der Waals surface area (Å²) >= 11 is 6.99. The van der Waals surface area contributed by atoms with E-state index in [0.717, 1.165) is 11.8 Å². The Bertz CT molecular complexity index is 1190. The Kier molecular flexibility index (Phi) is 6.85. The number of sulfonamides is 1. The zero-order valence-electron chi connectivity index (χ0n) is 16.8. The van der Waals surface area contributed by atoms with Crippen LogP contribution in [0.1, 0.15) is 0 Å². The highest BCUT2D eigenvalue weighted by atomic mass is 35.5. The second-order valence-electron chi connectivity index (χ2n) is 7.02. The molecule has 0 atom stereocenters. The molecular formula is C21H19ClFN3O4S2. The number of carbonyl (C=O) groups excluding carboxylic acids is 1. The summed E-state index contributed by atoms with van der Waals surface area (Å²) < 4.78 is 45.6. The van der Waals surface area contributed by atoms with Crippen LogP contribution < -0.4 is 0 Å². The molecule has 1 fully saturated rings. The second kappa shape index (κ2) is 9.62. The van der Waals surface area contributed by atoms with Gasteiger partial charge >= 0.3 is 0 Å². The second-order valence-corrected chi connectivity index (χ2v) is 10.3. The molecule has 0 radical (unpaired) electrons. The molecule has 4 rings (SSSR count). The van der Waals surface area contributed by atoms with E-state index in [1.165, 1.54) is 46.9 Å². The standard InChI is InChI=1S/C21H19ClFN3O4S2/c22-16-3-7-18(8-4-16)32(28,29)26-11-9-25(10-12-26)20(27)14-31-21-24-13-19(30-21)15-1-5-17(23)6-2-15/h1-8,13H,9-12,14H2. The van der Waals surface area contributed by atoms with E-state index in [9.17, 15) is 17.6 Å². The Hall–Kier alpha value is -2.40. The van der Waals surface area contributed by atoms with Crippen molar-refractivity contribution in [2.45, 2.75) is 10.1 Å². The lowest BCUT2D eigenvalue weighted by atomic mass is 10.2. The fourth-order valence-electron chi connectivity index (χ4n) is 3.22. The molecule has 0 spiro atoms. The van der Waals surface area contributed by atoms with Gasteiger partial charge in [-0.05, 0) is 48.5 Å². The van der Waals surface area contributed by atoms with Crippen molar-refractivity contribution in [2.75, 3.05) is 31.9 Å². The number of aromatic nitrogens is 1. The number of oxazole rings is 1. The first-order chi connectivity index (χ1) is 15.3. The van der Waals surface area contributed by atoms with E-state index in [1.807, 2.05) is 0 Å². The van der Waals surface area contributed by atoms with E-state index >= 15 is 0 Å². The number of piperazine rings is 1. The number of nitrogens with zero attached hydrogens (tertiary/aromatic N) is 3. The van der Waals surface area contributed by atoms with E-state index in [4.69, 9.17) is 16.0 Å². The maximum absolute atomic E-state index is 13.1. The van der Waals surface area contributed by atoms with Crippen LogP contribution in [0.5, 0.6) is 0 Å². The molecule has 3 aromatic rings. The van der Waals surface area contributed by atoms with Crippen molar-refractivity contribution >= 4 is 39.3 Å². The fraction of sp³-hybridized carbons (Fsp3) is 0.238. The first-order valence-electron chi connectivity index (χ1n) is 9.71. The van der Waals surface area contributed by atoms with Crippen molar-refractivity contribution in [3.8, 4) is 11.3 Å². The third kappa shape index (κ3) is 5.15. The van der Waals surface area contributed by atoms with Gasteiger partial charge in [-0.15, -0.1) is 0 Å². The maximum Gasteiger partial charge on any atom is 0.256 e. The van der Waals surface area contributed by atoms with Crippen molar-refractivity contribution in [3.63, 3.8) is 0 Å². The van der Waals surface area contributed by atoms with Gasteiger partial charge in [-0.1, -0.05) is 23.4 Å². The topological polar surface area (TPSA) is 83.7 Å². The van der Waals surface area contributed by atoms with Gasteiger partial charge in [0.25, 0.3) is 5.22 Å². The Labute approximate surface area is 194 Å². The van der Waals surface area contributed by atoms with Crippen LogP contribution in [0.4, 0.5) is 4.39 Å². The van der Waals surface area contributed by atoms with Crippen LogP contribution in [0.25, 0.3) is 11.3 Å². The lowest BCUT2D eigenvalue weighted by molar-refractivity contribution is -0.129. The SMILES string of the molecule is O=C(CSc1ncc(-c2ccc(F)cc2)o1)N1CCN(S(=O)(=O)c2ccc(Cl)cc2)CC1. The van der Waals surface area contributed by atoms with Crippen molar-refractivity contribution in [1.29, 1.82) is 0 Å². The van der Waals surface area contributed by atoms with Gasteiger partial charge in [0, 0.05) is 36.8 Å². The normalized spacial score (nSPS) is 15.1. The Morgan fingerprint density at radius 2 is 1.72 bits per heavy atom. The summed E-state index contributed by atoms with van der Waals surface area (Å²) in [6.45, 7) is 1.04. The number of hydrogen-bond donors (Lipinski definition) is 0. The summed E-state index contributed by atoms with van der Waals surface area (Å²) in [6.07, 6.45) is 1.53. The summed E-state index contributed by atoms with van der Waals surface area (Å²) in [5.74, 6) is 0.142. The summed E-state index contributed by atoms with van der Waals surface area (Å²) in [6, 6.07) is 11.9. The molecule has 0 N–H and O–H groups in total. The summed E-state index contributed by atoms with van der Waals surface area (Å²) in [4.78, 5) is 18.5. The van der Waals surface area contributed by atoms with E-state index in [0.29, 0.717) is 34.7 Å². The van der Waals surface area contributed by atoms with Gasteiger partial charge < -0.3 is 9.32 Å². The van der Waals surface area contributed by atoms with Crippen LogP contribution in [-0.2, 0) is 14.8 Å². The summed E-state index contributed by atoms with van der Waals surface area (Å²) in [5, 5.41) is 0.800. The first kappa shape index (κ1) is 22.8. The van der Waals surface area contributed by atoms with Crippen molar-refractivity contribution in [3.05, 3.63) is 65.6 Å². The number of amides is 1. The molecule has 1 aliphatic heterocycles. The molecule has 1 saturated heterocycles. The van der Waals surface area contributed by atoms with Gasteiger partial charge in [-0.3, -0.25) is 4.79 Å². The predicted molar refractivity (Wildman–Crippen MR) is 119 cm³/mol. The van der Waals surface area contributed by atoms with E-state index in [1.54, 1.807) is 17.0 Å². The first-order valence-corrected chi connectivity index (χ1v) is 12.5. The van der Waals surface area contributed by atoms with Gasteiger partial charge in [0.05, 0.1) is 16.8 Å². The minimum absolute atomic E-state index is 0.118. The zero-order chi connectivity index (χ0) is 22.7. The number of hydrogen-bond acceptors (Lipinski definition) is 6. The van der Waals surface area contributed by atoms with E-state index < -0.39 is 10.0 Å². The monoisotopic (exact) mass is 495 g/mol. The number of carbonyl (C=O) groups is 1. The average molecular weight is 496 g/mol. The van der Waals surface area contributed by atoms with Crippen molar-refractivity contribution in [2.24, 2.45) is 0 Å². The number of halogens is 2. The quantitative estimate of drug-likeness (QED) is 0.484. The van der Waals surface area contributed by atoms with Gasteiger partial charge in [-0.25, -0.2) is 17.8 Å². The molecule has 1 aliphatic rings. The van der Waals surface area contributed by atoms with Crippen LogP contribution in [0, 0.1) is 5.82 Å². The summed E-state index contributed by atoms with van der Waals surface area (Å²) in [7, 11) is -3.63. The van der Waals surface area contributed by atoms with Crippen LogP contribution >= 0.6 is 23.4 Å². The molecule has 0 bridgehead atoms.